The molecule has 0 aromatic heterocycles. The van der Waals surface area contributed by atoms with Gasteiger partial charge in [0.15, 0.2) is 0 Å². The lowest BCUT2D eigenvalue weighted by Gasteiger charge is -2.31. The molecule has 1 N–H and O–H groups in total. The monoisotopic (exact) mass is 478 g/mol. The fraction of sp³-hybridized carbons (Fsp3) is 0.429. The first-order valence-electron chi connectivity index (χ1n) is 12.3. The molecular formula is C28H34N2O5. The standard InChI is InChI=1S/C28H34N2O5/c1-4-15-35-23-10-9-22(18-20(23)3)26(31)24-25(21-7-5-19(2)6-8-21)30(28(33)27(24)32)12-11-29-13-16-34-17-14-29/h5-10,18,25,31H,4,11-17H2,1-3H3. The van der Waals surface area contributed by atoms with Crippen LogP contribution in [-0.4, -0.2) is 72.6 Å². The molecule has 2 saturated heterocycles. The number of hydrogen-bond acceptors (Lipinski definition) is 6. The van der Waals surface area contributed by atoms with Gasteiger partial charge in [0.25, 0.3) is 11.7 Å². The van der Waals surface area contributed by atoms with Crippen LogP contribution in [0.15, 0.2) is 48.0 Å². The Labute approximate surface area is 206 Å². The molecular weight excluding hydrogens is 444 g/mol. The van der Waals surface area contributed by atoms with Crippen LogP contribution in [0, 0.1) is 13.8 Å². The highest BCUT2D eigenvalue weighted by Gasteiger charge is 2.46. The van der Waals surface area contributed by atoms with E-state index in [1.54, 1.807) is 23.1 Å². The number of aliphatic hydroxyl groups excluding tert-OH is 1. The van der Waals surface area contributed by atoms with E-state index < -0.39 is 17.7 Å². The summed E-state index contributed by atoms with van der Waals surface area (Å²) in [5.41, 5.74) is 3.36. The Balaban J connectivity index is 1.71. The van der Waals surface area contributed by atoms with Crippen LogP contribution in [0.4, 0.5) is 0 Å². The van der Waals surface area contributed by atoms with Gasteiger partial charge in [0.2, 0.25) is 0 Å². The lowest BCUT2D eigenvalue weighted by Crippen LogP contribution is -2.42. The third-order valence-corrected chi connectivity index (χ3v) is 6.60. The van der Waals surface area contributed by atoms with Gasteiger partial charge in [-0.3, -0.25) is 14.5 Å². The number of Topliss-reactive ketones (excluding diaryl/α,β-unsaturated/α-hetero) is 1. The maximum Gasteiger partial charge on any atom is 0.295 e. The number of carbonyl (C=O) groups is 2. The highest BCUT2D eigenvalue weighted by molar-refractivity contribution is 6.46. The molecule has 1 amide bonds. The molecule has 1 atom stereocenters. The lowest BCUT2D eigenvalue weighted by atomic mass is 9.94. The molecule has 2 aliphatic heterocycles. The lowest BCUT2D eigenvalue weighted by molar-refractivity contribution is -0.140. The molecule has 7 heteroatoms. The van der Waals surface area contributed by atoms with E-state index in [9.17, 15) is 14.7 Å². The Morgan fingerprint density at radius 1 is 1.06 bits per heavy atom. The fourth-order valence-corrected chi connectivity index (χ4v) is 4.61. The van der Waals surface area contributed by atoms with Crippen LogP contribution in [0.5, 0.6) is 5.75 Å². The second kappa shape index (κ2) is 11.1. The van der Waals surface area contributed by atoms with Gasteiger partial charge in [0, 0.05) is 31.7 Å². The van der Waals surface area contributed by atoms with Crippen molar-refractivity contribution in [2.45, 2.75) is 33.2 Å². The highest BCUT2D eigenvalue weighted by atomic mass is 16.5. The minimum absolute atomic E-state index is 0.127. The number of likely N-dealkylation sites (tertiary alicyclic amines) is 1. The maximum absolute atomic E-state index is 13.3. The zero-order chi connectivity index (χ0) is 24.9. The average Bonchev–Trinajstić information content (AvgIpc) is 3.12. The minimum atomic E-state index is -0.654. The van der Waals surface area contributed by atoms with Gasteiger partial charge in [0.05, 0.1) is 31.4 Å². The van der Waals surface area contributed by atoms with Crippen LogP contribution < -0.4 is 4.74 Å². The first kappa shape index (κ1) is 24.9. The SMILES string of the molecule is CCCOc1ccc(C(O)=C2C(=O)C(=O)N(CCN3CCOCC3)C2c2ccc(C)cc2)cc1C. The van der Waals surface area contributed by atoms with Gasteiger partial charge in [-0.05, 0) is 49.6 Å². The van der Waals surface area contributed by atoms with Crippen molar-refractivity contribution in [2.75, 3.05) is 46.0 Å². The number of aliphatic hydroxyl groups is 1. The molecule has 0 saturated carbocycles. The summed E-state index contributed by atoms with van der Waals surface area (Å²) in [6.45, 7) is 10.5. The van der Waals surface area contributed by atoms with E-state index in [4.69, 9.17) is 9.47 Å². The van der Waals surface area contributed by atoms with Gasteiger partial charge in [-0.25, -0.2) is 0 Å². The summed E-state index contributed by atoms with van der Waals surface area (Å²) in [5, 5.41) is 11.3. The number of morpholine rings is 1. The predicted molar refractivity (Wildman–Crippen MR) is 134 cm³/mol. The third kappa shape index (κ3) is 5.41. The molecule has 7 nitrogen and oxygen atoms in total. The molecule has 2 aromatic carbocycles. The fourth-order valence-electron chi connectivity index (χ4n) is 4.61. The molecule has 4 rings (SSSR count). The normalized spacial score (nSPS) is 20.4. The van der Waals surface area contributed by atoms with Crippen molar-refractivity contribution in [2.24, 2.45) is 0 Å². The van der Waals surface area contributed by atoms with Gasteiger partial charge in [-0.1, -0.05) is 36.8 Å². The Morgan fingerprint density at radius 3 is 2.43 bits per heavy atom. The van der Waals surface area contributed by atoms with E-state index in [0.29, 0.717) is 38.5 Å². The van der Waals surface area contributed by atoms with Gasteiger partial charge in [-0.2, -0.15) is 0 Å². The number of amides is 1. The van der Waals surface area contributed by atoms with Gasteiger partial charge < -0.3 is 19.5 Å². The van der Waals surface area contributed by atoms with Crippen LogP contribution in [0.1, 0.15) is 41.6 Å². The van der Waals surface area contributed by atoms with E-state index in [1.165, 1.54) is 0 Å². The molecule has 0 radical (unpaired) electrons. The van der Waals surface area contributed by atoms with Gasteiger partial charge in [-0.15, -0.1) is 0 Å². The van der Waals surface area contributed by atoms with E-state index in [0.717, 1.165) is 42.0 Å². The number of benzene rings is 2. The zero-order valence-electron chi connectivity index (χ0n) is 20.8. The summed E-state index contributed by atoms with van der Waals surface area (Å²) in [7, 11) is 0. The number of carbonyl (C=O) groups excluding carboxylic acids is 2. The Kier molecular flexibility index (Phi) is 7.88. The first-order valence-corrected chi connectivity index (χ1v) is 12.3. The number of rotatable bonds is 8. The smallest absolute Gasteiger partial charge is 0.295 e. The van der Waals surface area contributed by atoms with E-state index in [-0.39, 0.29) is 11.3 Å². The Morgan fingerprint density at radius 2 is 1.77 bits per heavy atom. The largest absolute Gasteiger partial charge is 0.507 e. The Bertz CT molecular complexity index is 1100. The second-order valence-corrected chi connectivity index (χ2v) is 9.19. The van der Waals surface area contributed by atoms with E-state index >= 15 is 0 Å². The third-order valence-electron chi connectivity index (χ3n) is 6.60. The number of ether oxygens (including phenoxy) is 2. The summed E-state index contributed by atoms with van der Waals surface area (Å²) >= 11 is 0. The van der Waals surface area contributed by atoms with Crippen LogP contribution in [-0.2, 0) is 14.3 Å². The summed E-state index contributed by atoms with van der Waals surface area (Å²) in [6.07, 6.45) is 0.894. The van der Waals surface area contributed by atoms with Crippen molar-refractivity contribution < 1.29 is 24.2 Å². The number of ketones is 1. The van der Waals surface area contributed by atoms with Crippen molar-refractivity contribution in [3.63, 3.8) is 0 Å². The number of hydrogen-bond donors (Lipinski definition) is 1. The maximum atomic E-state index is 13.3. The average molecular weight is 479 g/mol. The quantitative estimate of drug-likeness (QED) is 0.353. The van der Waals surface area contributed by atoms with Crippen molar-refractivity contribution in [3.05, 3.63) is 70.3 Å². The van der Waals surface area contributed by atoms with E-state index in [2.05, 4.69) is 4.90 Å². The summed E-state index contributed by atoms with van der Waals surface area (Å²) in [6, 6.07) is 12.5. The predicted octanol–water partition coefficient (Wildman–Crippen LogP) is 3.85. The molecule has 186 valence electrons. The molecule has 2 fully saturated rings. The second-order valence-electron chi connectivity index (χ2n) is 9.19. The summed E-state index contributed by atoms with van der Waals surface area (Å²) < 4.78 is 11.2. The molecule has 2 heterocycles. The van der Waals surface area contributed by atoms with Crippen molar-refractivity contribution >= 4 is 17.4 Å². The molecule has 0 bridgehead atoms. The zero-order valence-corrected chi connectivity index (χ0v) is 20.8. The summed E-state index contributed by atoms with van der Waals surface area (Å²) in [4.78, 5) is 30.3. The molecule has 0 spiro atoms. The molecule has 2 aromatic rings. The molecule has 2 aliphatic rings. The van der Waals surface area contributed by atoms with Crippen LogP contribution in [0.25, 0.3) is 5.76 Å². The molecule has 1 unspecified atom stereocenters. The Hall–Kier alpha value is -3.16. The van der Waals surface area contributed by atoms with Crippen LogP contribution in [0.2, 0.25) is 0 Å². The van der Waals surface area contributed by atoms with Crippen molar-refractivity contribution in [1.29, 1.82) is 0 Å². The van der Waals surface area contributed by atoms with E-state index in [1.807, 2.05) is 45.0 Å². The topological polar surface area (TPSA) is 79.3 Å². The van der Waals surface area contributed by atoms with Crippen molar-refractivity contribution in [3.8, 4) is 5.75 Å². The number of aryl methyl sites for hydroxylation is 2. The van der Waals surface area contributed by atoms with Gasteiger partial charge >= 0.3 is 0 Å². The van der Waals surface area contributed by atoms with Crippen LogP contribution in [0.3, 0.4) is 0 Å². The summed E-state index contributed by atoms with van der Waals surface area (Å²) in [5.74, 6) is -0.651. The van der Waals surface area contributed by atoms with Gasteiger partial charge in [0.1, 0.15) is 11.5 Å². The number of nitrogens with zero attached hydrogens (tertiary/aromatic N) is 2. The van der Waals surface area contributed by atoms with Crippen molar-refractivity contribution in [1.82, 2.24) is 9.80 Å². The first-order chi connectivity index (χ1) is 16.9. The molecule has 0 aliphatic carbocycles. The molecule has 35 heavy (non-hydrogen) atoms. The van der Waals surface area contributed by atoms with Crippen LogP contribution >= 0.6 is 0 Å². The highest BCUT2D eigenvalue weighted by Crippen LogP contribution is 2.39. The minimum Gasteiger partial charge on any atom is -0.507 e.